The molecule has 2 heterocycles. The zero-order valence-electron chi connectivity index (χ0n) is 19.2. The number of benzene rings is 1. The number of hydrogen-bond donors (Lipinski definition) is 0. The average Bonchev–Trinajstić information content (AvgIpc) is 3.18. The maximum atomic E-state index is 5.82. The third-order valence-electron chi connectivity index (χ3n) is 8.59. The molecule has 2 unspecified atom stereocenters. The molecule has 2 fully saturated rings. The molecule has 162 valence electrons. The van der Waals surface area contributed by atoms with Gasteiger partial charge in [-0.05, 0) is 42.3 Å². The quantitative estimate of drug-likeness (QED) is 0.657. The lowest BCUT2D eigenvalue weighted by atomic mass is 9.52. The van der Waals surface area contributed by atoms with Crippen LogP contribution >= 0.6 is 0 Å². The van der Waals surface area contributed by atoms with Gasteiger partial charge in [-0.15, -0.1) is 0 Å². The number of nitrogens with zero attached hydrogens (tertiary/aromatic N) is 2. The van der Waals surface area contributed by atoms with E-state index in [9.17, 15) is 0 Å². The van der Waals surface area contributed by atoms with E-state index in [1.165, 1.54) is 49.9 Å². The molecule has 2 atom stereocenters. The largest absolute Gasteiger partial charge is 0.454 e. The van der Waals surface area contributed by atoms with E-state index in [4.69, 9.17) is 9.47 Å². The molecule has 0 radical (unpaired) electrons. The van der Waals surface area contributed by atoms with Crippen LogP contribution in [0.3, 0.4) is 0 Å². The van der Waals surface area contributed by atoms with Crippen molar-refractivity contribution in [1.29, 1.82) is 0 Å². The Kier molecular flexibility index (Phi) is 5.76. The van der Waals surface area contributed by atoms with Gasteiger partial charge in [0.2, 0.25) is 6.79 Å². The summed E-state index contributed by atoms with van der Waals surface area (Å²) in [5.74, 6) is 2.56. The normalized spacial score (nSPS) is 29.3. The van der Waals surface area contributed by atoms with Crippen LogP contribution in [-0.2, 0) is 5.41 Å². The first-order valence-corrected chi connectivity index (χ1v) is 11.8. The van der Waals surface area contributed by atoms with Crippen molar-refractivity contribution in [2.75, 3.05) is 44.4 Å². The van der Waals surface area contributed by atoms with Crippen molar-refractivity contribution in [1.82, 2.24) is 4.90 Å². The molecule has 1 aromatic carbocycles. The Labute approximate surface area is 177 Å². The van der Waals surface area contributed by atoms with Crippen LogP contribution in [-0.4, -0.2) is 44.4 Å². The van der Waals surface area contributed by atoms with E-state index >= 15 is 0 Å². The van der Waals surface area contributed by atoms with Crippen LogP contribution in [0, 0.1) is 11.3 Å². The second-order valence-corrected chi connectivity index (χ2v) is 10.3. The standard InChI is InChI=1S/C25H40N2O2/c1-6-7-11-26-12-14-27(15-13-26)21-17-23-22(28-18-29-23)16-20(21)25(5)10-8-9-19(2)24(25,3)4/h16-17,19H,6-15,18H2,1-5H3. The van der Waals surface area contributed by atoms with Crippen LogP contribution in [0.15, 0.2) is 12.1 Å². The minimum absolute atomic E-state index is 0.139. The van der Waals surface area contributed by atoms with Crippen LogP contribution in [0.4, 0.5) is 5.69 Å². The molecule has 0 spiro atoms. The van der Waals surface area contributed by atoms with Crippen LogP contribution in [0.2, 0.25) is 0 Å². The SMILES string of the molecule is CCCCN1CCN(c2cc3c(cc2C2(C)CCCC(C)C2(C)C)OCO3)CC1. The lowest BCUT2D eigenvalue weighted by Gasteiger charge is -2.53. The molecule has 4 nitrogen and oxygen atoms in total. The molecule has 0 N–H and O–H groups in total. The van der Waals surface area contributed by atoms with Crippen molar-refractivity contribution in [2.45, 2.75) is 72.1 Å². The zero-order chi connectivity index (χ0) is 20.6. The first kappa shape index (κ1) is 20.8. The van der Waals surface area contributed by atoms with Crippen LogP contribution < -0.4 is 14.4 Å². The fourth-order valence-electron chi connectivity index (χ4n) is 5.70. The second-order valence-electron chi connectivity index (χ2n) is 10.3. The fraction of sp³-hybridized carbons (Fsp3) is 0.760. The Morgan fingerprint density at radius 2 is 1.72 bits per heavy atom. The zero-order valence-corrected chi connectivity index (χ0v) is 19.2. The molecular weight excluding hydrogens is 360 g/mol. The lowest BCUT2D eigenvalue weighted by molar-refractivity contribution is 0.0477. The molecule has 4 rings (SSSR count). The molecule has 0 bridgehead atoms. The fourth-order valence-corrected chi connectivity index (χ4v) is 5.70. The minimum Gasteiger partial charge on any atom is -0.454 e. The van der Waals surface area contributed by atoms with Crippen LogP contribution in [0.5, 0.6) is 11.5 Å². The van der Waals surface area contributed by atoms with E-state index in [1.807, 2.05) is 0 Å². The van der Waals surface area contributed by atoms with Gasteiger partial charge in [-0.25, -0.2) is 0 Å². The van der Waals surface area contributed by atoms with Crippen molar-refractivity contribution in [3.63, 3.8) is 0 Å². The first-order valence-electron chi connectivity index (χ1n) is 11.8. The molecule has 1 saturated heterocycles. The highest BCUT2D eigenvalue weighted by Gasteiger charge is 2.49. The number of piperazine rings is 1. The minimum atomic E-state index is 0.139. The van der Waals surface area contributed by atoms with Crippen molar-refractivity contribution >= 4 is 5.69 Å². The maximum absolute atomic E-state index is 5.82. The van der Waals surface area contributed by atoms with E-state index in [2.05, 4.69) is 56.6 Å². The van der Waals surface area contributed by atoms with Gasteiger partial charge in [0.1, 0.15) is 0 Å². The van der Waals surface area contributed by atoms with Crippen LogP contribution in [0.25, 0.3) is 0 Å². The first-order chi connectivity index (χ1) is 13.9. The predicted octanol–water partition coefficient (Wildman–Crippen LogP) is 5.44. The van der Waals surface area contributed by atoms with Crippen molar-refractivity contribution in [2.24, 2.45) is 11.3 Å². The Hall–Kier alpha value is -1.42. The summed E-state index contributed by atoms with van der Waals surface area (Å²) in [5.41, 5.74) is 3.24. The monoisotopic (exact) mass is 400 g/mol. The van der Waals surface area contributed by atoms with E-state index in [-0.39, 0.29) is 10.8 Å². The number of fused-ring (bicyclic) bond motifs is 1. The lowest BCUT2D eigenvalue weighted by Crippen LogP contribution is -2.50. The molecule has 1 aliphatic carbocycles. The number of unbranched alkanes of at least 4 members (excludes halogenated alkanes) is 1. The van der Waals surface area contributed by atoms with Gasteiger partial charge in [-0.3, -0.25) is 4.90 Å². The molecule has 1 saturated carbocycles. The van der Waals surface area contributed by atoms with Gasteiger partial charge in [0, 0.05) is 43.3 Å². The number of ether oxygens (including phenoxy) is 2. The number of anilines is 1. The van der Waals surface area contributed by atoms with E-state index in [0.29, 0.717) is 12.7 Å². The highest BCUT2D eigenvalue weighted by Crippen LogP contribution is 2.57. The van der Waals surface area contributed by atoms with Gasteiger partial charge < -0.3 is 14.4 Å². The summed E-state index contributed by atoms with van der Waals surface area (Å²) in [6.07, 6.45) is 6.46. The van der Waals surface area contributed by atoms with Gasteiger partial charge in [-0.1, -0.05) is 53.9 Å². The highest BCUT2D eigenvalue weighted by atomic mass is 16.7. The molecule has 0 aromatic heterocycles. The van der Waals surface area contributed by atoms with E-state index in [0.717, 1.165) is 37.7 Å². The van der Waals surface area contributed by atoms with E-state index < -0.39 is 0 Å². The summed E-state index contributed by atoms with van der Waals surface area (Å²) >= 11 is 0. The topological polar surface area (TPSA) is 24.9 Å². The Bertz CT molecular complexity index is 724. The Morgan fingerprint density at radius 3 is 2.41 bits per heavy atom. The van der Waals surface area contributed by atoms with Gasteiger partial charge in [0.25, 0.3) is 0 Å². The van der Waals surface area contributed by atoms with E-state index in [1.54, 1.807) is 0 Å². The van der Waals surface area contributed by atoms with Crippen LogP contribution in [0.1, 0.15) is 72.3 Å². The third-order valence-corrected chi connectivity index (χ3v) is 8.59. The third kappa shape index (κ3) is 3.62. The Morgan fingerprint density at radius 1 is 1.03 bits per heavy atom. The smallest absolute Gasteiger partial charge is 0.231 e. The summed E-state index contributed by atoms with van der Waals surface area (Å²) < 4.78 is 11.6. The molecule has 4 heteroatoms. The molecule has 0 amide bonds. The Balaban J connectivity index is 1.68. The van der Waals surface area contributed by atoms with Gasteiger partial charge >= 0.3 is 0 Å². The van der Waals surface area contributed by atoms with Gasteiger partial charge in [-0.2, -0.15) is 0 Å². The van der Waals surface area contributed by atoms with Crippen molar-refractivity contribution in [3.05, 3.63) is 17.7 Å². The summed E-state index contributed by atoms with van der Waals surface area (Å²) in [7, 11) is 0. The summed E-state index contributed by atoms with van der Waals surface area (Å²) in [5, 5.41) is 0. The van der Waals surface area contributed by atoms with Gasteiger partial charge in [0.15, 0.2) is 11.5 Å². The molecular formula is C25H40N2O2. The highest BCUT2D eigenvalue weighted by molar-refractivity contribution is 5.65. The molecule has 1 aromatic rings. The summed E-state index contributed by atoms with van der Waals surface area (Å²) in [6, 6.07) is 4.60. The van der Waals surface area contributed by atoms with Crippen molar-refractivity contribution in [3.8, 4) is 11.5 Å². The summed E-state index contributed by atoms with van der Waals surface area (Å²) in [6.45, 7) is 18.3. The molecule has 3 aliphatic rings. The predicted molar refractivity (Wildman–Crippen MR) is 120 cm³/mol. The number of rotatable bonds is 5. The molecule has 29 heavy (non-hydrogen) atoms. The van der Waals surface area contributed by atoms with Crippen molar-refractivity contribution < 1.29 is 9.47 Å². The maximum Gasteiger partial charge on any atom is 0.231 e. The average molecular weight is 401 g/mol. The summed E-state index contributed by atoms with van der Waals surface area (Å²) in [4.78, 5) is 5.24. The number of hydrogen-bond acceptors (Lipinski definition) is 4. The van der Waals surface area contributed by atoms with Gasteiger partial charge in [0.05, 0.1) is 0 Å². The molecule has 2 aliphatic heterocycles. The second kappa shape index (κ2) is 8.02.